The summed E-state index contributed by atoms with van der Waals surface area (Å²) in [5.41, 5.74) is 1.90. The second-order valence-corrected chi connectivity index (χ2v) is 7.90. The Labute approximate surface area is 178 Å². The molecule has 30 heavy (non-hydrogen) atoms. The molecule has 158 valence electrons. The van der Waals surface area contributed by atoms with Gasteiger partial charge in [-0.25, -0.2) is 0 Å². The minimum Gasteiger partial charge on any atom is -0.387 e. The zero-order chi connectivity index (χ0) is 20.8. The number of hydrogen-bond donors (Lipinski definition) is 2. The molecule has 0 radical (unpaired) electrons. The normalized spacial score (nSPS) is 17.8. The first-order valence-electron chi connectivity index (χ1n) is 10.5. The van der Waals surface area contributed by atoms with Gasteiger partial charge in [0.2, 0.25) is 0 Å². The molecule has 0 aliphatic carbocycles. The maximum atomic E-state index is 10.4. The van der Waals surface area contributed by atoms with E-state index in [0.29, 0.717) is 13.1 Å². The van der Waals surface area contributed by atoms with E-state index < -0.39 is 12.2 Å². The fourth-order valence-corrected chi connectivity index (χ4v) is 3.82. The lowest BCUT2D eigenvalue weighted by atomic mass is 10.1. The number of aliphatic hydroxyl groups is 2. The van der Waals surface area contributed by atoms with Gasteiger partial charge in [-0.1, -0.05) is 60.7 Å². The fraction of sp³-hybridized carbons (Fsp3) is 0.333. The van der Waals surface area contributed by atoms with Crippen LogP contribution in [-0.2, 0) is 0 Å². The van der Waals surface area contributed by atoms with Crippen LogP contribution in [0.25, 0.3) is 0 Å². The molecule has 0 saturated carbocycles. The second kappa shape index (κ2) is 9.69. The van der Waals surface area contributed by atoms with Crippen LogP contribution in [0, 0.1) is 0 Å². The van der Waals surface area contributed by atoms with E-state index in [9.17, 15) is 10.2 Å². The van der Waals surface area contributed by atoms with Crippen molar-refractivity contribution in [2.24, 2.45) is 0 Å². The lowest BCUT2D eigenvalue weighted by Crippen LogP contribution is -2.35. The zero-order valence-electron chi connectivity index (χ0n) is 17.2. The monoisotopic (exact) mass is 406 g/mol. The molecule has 0 bridgehead atoms. The summed E-state index contributed by atoms with van der Waals surface area (Å²) in [6, 6.07) is 19.6. The molecule has 6 nitrogen and oxygen atoms in total. The molecule has 2 N–H and O–H groups in total. The third kappa shape index (κ3) is 5.34. The third-order valence-electron chi connectivity index (χ3n) is 5.56. The smallest absolute Gasteiger partial charge is 0.0965 e. The Morgan fingerprint density at radius 1 is 0.567 bits per heavy atom. The predicted octanol–water partition coefficient (Wildman–Crippen LogP) is 2.55. The van der Waals surface area contributed by atoms with E-state index >= 15 is 0 Å². The molecule has 4 rings (SSSR count). The van der Waals surface area contributed by atoms with Crippen molar-refractivity contribution in [2.45, 2.75) is 12.2 Å². The van der Waals surface area contributed by atoms with Gasteiger partial charge in [0, 0.05) is 51.0 Å². The van der Waals surface area contributed by atoms with Crippen molar-refractivity contribution in [3.63, 3.8) is 0 Å². The third-order valence-corrected chi connectivity index (χ3v) is 5.56. The molecule has 2 aromatic rings. The van der Waals surface area contributed by atoms with Crippen molar-refractivity contribution < 1.29 is 10.2 Å². The summed E-state index contributed by atoms with van der Waals surface area (Å²) in [5.74, 6) is 0. The molecule has 2 aliphatic heterocycles. The fourth-order valence-electron chi connectivity index (χ4n) is 3.82. The summed E-state index contributed by atoms with van der Waals surface area (Å²) in [5, 5.41) is 20.8. The van der Waals surface area contributed by atoms with Crippen molar-refractivity contribution in [1.29, 1.82) is 0 Å². The van der Waals surface area contributed by atoms with E-state index in [0.717, 1.165) is 37.6 Å². The molecule has 2 atom stereocenters. The van der Waals surface area contributed by atoms with Crippen molar-refractivity contribution >= 4 is 0 Å². The van der Waals surface area contributed by atoms with E-state index in [1.807, 2.05) is 60.7 Å². The second-order valence-electron chi connectivity index (χ2n) is 7.90. The minimum atomic E-state index is -0.484. The van der Waals surface area contributed by atoms with E-state index in [2.05, 4.69) is 44.4 Å². The van der Waals surface area contributed by atoms with E-state index in [4.69, 9.17) is 0 Å². The maximum absolute atomic E-state index is 10.4. The standard InChI is InChI=1S/C24H30N4O2/c29-23(21-7-3-1-4-8-21)17-27-15-13-25(19-27)11-12-26-14-16-28(20-26)18-24(30)22-9-5-2-6-10-22/h1-10,13-16,23-24,29-30H,11-12,17-20H2. The summed E-state index contributed by atoms with van der Waals surface area (Å²) in [4.78, 5) is 8.79. The SMILES string of the molecule is OC(CN1C=CN(CCN2C=CN(CC(O)c3ccccc3)C2)C1)c1ccccc1. The van der Waals surface area contributed by atoms with Gasteiger partial charge in [0.15, 0.2) is 0 Å². The topological polar surface area (TPSA) is 53.4 Å². The summed E-state index contributed by atoms with van der Waals surface area (Å²) in [6.07, 6.45) is 7.31. The van der Waals surface area contributed by atoms with Crippen LogP contribution in [0.4, 0.5) is 0 Å². The van der Waals surface area contributed by atoms with Crippen LogP contribution >= 0.6 is 0 Å². The molecule has 6 heteroatoms. The zero-order valence-corrected chi connectivity index (χ0v) is 17.2. The molecule has 2 unspecified atom stereocenters. The molecule has 0 fully saturated rings. The Bertz CT molecular complexity index is 771. The molecular weight excluding hydrogens is 376 g/mol. The Hall–Kier alpha value is -2.96. The molecule has 0 saturated heterocycles. The van der Waals surface area contributed by atoms with Gasteiger partial charge in [0.1, 0.15) is 0 Å². The average molecular weight is 407 g/mol. The van der Waals surface area contributed by atoms with Crippen molar-refractivity contribution in [2.75, 3.05) is 39.5 Å². The van der Waals surface area contributed by atoms with Crippen LogP contribution in [0.5, 0.6) is 0 Å². The van der Waals surface area contributed by atoms with E-state index in [-0.39, 0.29) is 0 Å². The van der Waals surface area contributed by atoms with Gasteiger partial charge < -0.3 is 29.8 Å². The number of benzene rings is 2. The molecule has 0 aromatic heterocycles. The quantitative estimate of drug-likeness (QED) is 0.668. The highest BCUT2D eigenvalue weighted by Gasteiger charge is 2.19. The molecule has 0 amide bonds. The van der Waals surface area contributed by atoms with E-state index in [1.54, 1.807) is 0 Å². The Balaban J connectivity index is 1.16. The number of β-amino-alcohol motifs (C(OH)–C–C–N with tert-alkyl or cyclic N) is 2. The lowest BCUT2D eigenvalue weighted by molar-refractivity contribution is 0.116. The van der Waals surface area contributed by atoms with Gasteiger partial charge in [-0.2, -0.15) is 0 Å². The average Bonchev–Trinajstić information content (AvgIpc) is 3.42. The van der Waals surface area contributed by atoms with Crippen LogP contribution in [0.15, 0.2) is 85.5 Å². The van der Waals surface area contributed by atoms with Crippen LogP contribution in [0.3, 0.4) is 0 Å². The van der Waals surface area contributed by atoms with Crippen molar-refractivity contribution in [3.8, 4) is 0 Å². The van der Waals surface area contributed by atoms with Gasteiger partial charge in [-0.05, 0) is 11.1 Å². The number of nitrogens with zero attached hydrogens (tertiary/aromatic N) is 4. The van der Waals surface area contributed by atoms with Crippen LogP contribution < -0.4 is 0 Å². The lowest BCUT2D eigenvalue weighted by Gasteiger charge is -2.27. The van der Waals surface area contributed by atoms with E-state index in [1.165, 1.54) is 0 Å². The molecule has 2 heterocycles. The van der Waals surface area contributed by atoms with Crippen molar-refractivity contribution in [3.05, 3.63) is 96.6 Å². The maximum Gasteiger partial charge on any atom is 0.0965 e. The minimum absolute atomic E-state index is 0.484. The summed E-state index contributed by atoms with van der Waals surface area (Å²) < 4.78 is 0. The first-order chi connectivity index (χ1) is 14.7. The van der Waals surface area contributed by atoms with Gasteiger partial charge >= 0.3 is 0 Å². The molecule has 2 aromatic carbocycles. The molecule has 2 aliphatic rings. The number of aliphatic hydroxyl groups excluding tert-OH is 2. The number of rotatable bonds is 9. The highest BCUT2D eigenvalue weighted by Crippen LogP contribution is 2.18. The van der Waals surface area contributed by atoms with Gasteiger partial charge in [-0.15, -0.1) is 0 Å². The Kier molecular flexibility index (Phi) is 6.57. The highest BCUT2D eigenvalue weighted by molar-refractivity contribution is 5.18. The van der Waals surface area contributed by atoms with Gasteiger partial charge in [-0.3, -0.25) is 0 Å². The Morgan fingerprint density at radius 2 is 0.933 bits per heavy atom. The van der Waals surface area contributed by atoms with Gasteiger partial charge in [0.25, 0.3) is 0 Å². The molecular formula is C24H30N4O2. The summed E-state index contributed by atoms with van der Waals surface area (Å²) >= 11 is 0. The summed E-state index contributed by atoms with van der Waals surface area (Å²) in [7, 11) is 0. The van der Waals surface area contributed by atoms with Crippen LogP contribution in [-0.4, -0.2) is 69.3 Å². The first-order valence-corrected chi connectivity index (χ1v) is 10.5. The van der Waals surface area contributed by atoms with Crippen molar-refractivity contribution in [1.82, 2.24) is 19.6 Å². The highest BCUT2D eigenvalue weighted by atomic mass is 16.3. The number of hydrogen-bond acceptors (Lipinski definition) is 6. The largest absolute Gasteiger partial charge is 0.387 e. The predicted molar refractivity (Wildman–Crippen MR) is 118 cm³/mol. The molecule has 0 spiro atoms. The Morgan fingerprint density at radius 3 is 1.33 bits per heavy atom. The van der Waals surface area contributed by atoms with Crippen LogP contribution in [0.1, 0.15) is 23.3 Å². The van der Waals surface area contributed by atoms with Gasteiger partial charge in [0.05, 0.1) is 25.5 Å². The van der Waals surface area contributed by atoms with Crippen LogP contribution in [0.2, 0.25) is 0 Å². The first kappa shape index (κ1) is 20.3. The summed E-state index contributed by atoms with van der Waals surface area (Å²) in [6.45, 7) is 4.58.